The van der Waals surface area contributed by atoms with Gasteiger partial charge in [0.05, 0.1) is 12.7 Å². The normalized spacial score (nSPS) is 23.0. The maximum atomic E-state index is 6.14. The molecule has 0 spiro atoms. The highest BCUT2D eigenvalue weighted by Gasteiger charge is 2.33. The first-order valence-corrected chi connectivity index (χ1v) is 7.04. The number of aryl methyl sites for hydroxylation is 2. The maximum Gasteiger partial charge on any atom is 0.0953 e. The van der Waals surface area contributed by atoms with Crippen molar-refractivity contribution in [3.05, 3.63) is 34.9 Å². The SMILES string of the molecule is CCC1(CC)COC(c2cc(C)ccc2C)CN1. The summed E-state index contributed by atoms with van der Waals surface area (Å²) in [6.45, 7) is 10.5. The zero-order valence-corrected chi connectivity index (χ0v) is 12.0. The first-order chi connectivity index (χ1) is 8.60. The van der Waals surface area contributed by atoms with Gasteiger partial charge in [0.1, 0.15) is 0 Å². The van der Waals surface area contributed by atoms with Crippen molar-refractivity contribution in [2.75, 3.05) is 13.2 Å². The van der Waals surface area contributed by atoms with Crippen molar-refractivity contribution in [3.63, 3.8) is 0 Å². The Morgan fingerprint density at radius 1 is 1.28 bits per heavy atom. The van der Waals surface area contributed by atoms with E-state index in [0.717, 1.165) is 26.0 Å². The molecule has 0 aliphatic carbocycles. The van der Waals surface area contributed by atoms with Gasteiger partial charge in [-0.3, -0.25) is 0 Å². The Bertz CT molecular complexity index is 400. The molecule has 1 heterocycles. The van der Waals surface area contributed by atoms with Crippen LogP contribution in [0.5, 0.6) is 0 Å². The highest BCUT2D eigenvalue weighted by molar-refractivity contribution is 5.32. The Morgan fingerprint density at radius 3 is 2.56 bits per heavy atom. The zero-order chi connectivity index (χ0) is 13.2. The number of hydrogen-bond donors (Lipinski definition) is 1. The van der Waals surface area contributed by atoms with Gasteiger partial charge in [0.15, 0.2) is 0 Å². The summed E-state index contributed by atoms with van der Waals surface area (Å²) in [4.78, 5) is 0. The first-order valence-electron chi connectivity index (χ1n) is 7.04. The summed E-state index contributed by atoms with van der Waals surface area (Å²) in [6.07, 6.45) is 2.46. The van der Waals surface area contributed by atoms with E-state index in [4.69, 9.17) is 4.74 Å². The summed E-state index contributed by atoms with van der Waals surface area (Å²) in [6, 6.07) is 6.61. The Morgan fingerprint density at radius 2 is 2.00 bits per heavy atom. The van der Waals surface area contributed by atoms with Crippen molar-refractivity contribution in [1.82, 2.24) is 5.32 Å². The van der Waals surface area contributed by atoms with Crippen LogP contribution in [-0.4, -0.2) is 18.7 Å². The Labute approximate surface area is 111 Å². The second-order valence-electron chi connectivity index (χ2n) is 5.53. The van der Waals surface area contributed by atoms with Crippen molar-refractivity contribution < 1.29 is 4.74 Å². The Kier molecular flexibility index (Phi) is 4.08. The van der Waals surface area contributed by atoms with Crippen molar-refractivity contribution in [2.45, 2.75) is 52.2 Å². The number of rotatable bonds is 3. The highest BCUT2D eigenvalue weighted by Crippen LogP contribution is 2.29. The van der Waals surface area contributed by atoms with E-state index in [1.807, 2.05) is 0 Å². The van der Waals surface area contributed by atoms with Gasteiger partial charge >= 0.3 is 0 Å². The minimum Gasteiger partial charge on any atom is -0.370 e. The van der Waals surface area contributed by atoms with Crippen molar-refractivity contribution >= 4 is 0 Å². The summed E-state index contributed by atoms with van der Waals surface area (Å²) in [5.41, 5.74) is 4.16. The molecule has 0 amide bonds. The van der Waals surface area contributed by atoms with Crippen LogP contribution in [0.2, 0.25) is 0 Å². The molecule has 1 aromatic rings. The molecule has 0 radical (unpaired) electrons. The Hall–Kier alpha value is -0.860. The molecule has 1 saturated heterocycles. The van der Waals surface area contributed by atoms with E-state index in [2.05, 4.69) is 51.2 Å². The van der Waals surface area contributed by atoms with Gasteiger partial charge in [-0.25, -0.2) is 0 Å². The van der Waals surface area contributed by atoms with Gasteiger partial charge in [-0.2, -0.15) is 0 Å². The van der Waals surface area contributed by atoms with Crippen LogP contribution in [0.3, 0.4) is 0 Å². The second-order valence-corrected chi connectivity index (χ2v) is 5.53. The van der Waals surface area contributed by atoms with Crippen LogP contribution in [0.4, 0.5) is 0 Å². The molecule has 1 aliphatic rings. The maximum absolute atomic E-state index is 6.14. The Balaban J connectivity index is 2.12. The summed E-state index contributed by atoms with van der Waals surface area (Å²) in [5.74, 6) is 0. The standard InChI is InChI=1S/C16H25NO/c1-5-16(6-2)11-18-15(10-17-16)14-9-12(3)7-8-13(14)4/h7-9,15,17H,5-6,10-11H2,1-4H3. The molecule has 1 unspecified atom stereocenters. The molecule has 18 heavy (non-hydrogen) atoms. The van der Waals surface area contributed by atoms with E-state index in [1.54, 1.807) is 0 Å². The van der Waals surface area contributed by atoms with Gasteiger partial charge in [0, 0.05) is 12.1 Å². The summed E-state index contributed by atoms with van der Waals surface area (Å²) < 4.78 is 6.14. The van der Waals surface area contributed by atoms with Crippen LogP contribution >= 0.6 is 0 Å². The molecular weight excluding hydrogens is 222 g/mol. The van der Waals surface area contributed by atoms with E-state index in [-0.39, 0.29) is 11.6 Å². The molecule has 0 saturated carbocycles. The fourth-order valence-electron chi connectivity index (χ4n) is 2.69. The third-order valence-electron chi connectivity index (χ3n) is 4.36. The molecule has 1 aromatic carbocycles. The van der Waals surface area contributed by atoms with Crippen LogP contribution in [0.25, 0.3) is 0 Å². The zero-order valence-electron chi connectivity index (χ0n) is 12.0. The van der Waals surface area contributed by atoms with Crippen LogP contribution in [0.15, 0.2) is 18.2 Å². The summed E-state index contributed by atoms with van der Waals surface area (Å²) >= 11 is 0. The minimum atomic E-state index is 0.189. The van der Waals surface area contributed by atoms with Crippen molar-refractivity contribution in [1.29, 1.82) is 0 Å². The second kappa shape index (κ2) is 5.41. The molecule has 2 rings (SSSR count). The largest absolute Gasteiger partial charge is 0.370 e. The van der Waals surface area contributed by atoms with E-state index < -0.39 is 0 Å². The molecule has 1 aliphatic heterocycles. The number of morpholine rings is 1. The molecule has 1 fully saturated rings. The molecule has 1 N–H and O–H groups in total. The lowest BCUT2D eigenvalue weighted by atomic mass is 9.90. The van der Waals surface area contributed by atoms with E-state index in [1.165, 1.54) is 16.7 Å². The van der Waals surface area contributed by atoms with Gasteiger partial charge in [-0.1, -0.05) is 37.6 Å². The van der Waals surface area contributed by atoms with Gasteiger partial charge in [0.25, 0.3) is 0 Å². The van der Waals surface area contributed by atoms with E-state index in [0.29, 0.717) is 0 Å². The lowest BCUT2D eigenvalue weighted by Crippen LogP contribution is -2.54. The molecule has 100 valence electrons. The fraction of sp³-hybridized carbons (Fsp3) is 0.625. The number of nitrogens with one attached hydrogen (secondary N) is 1. The molecule has 2 nitrogen and oxygen atoms in total. The lowest BCUT2D eigenvalue weighted by Gasteiger charge is -2.40. The lowest BCUT2D eigenvalue weighted by molar-refractivity contribution is -0.0377. The number of ether oxygens (including phenoxy) is 1. The minimum absolute atomic E-state index is 0.189. The predicted octanol–water partition coefficient (Wildman–Crippen LogP) is 3.52. The third-order valence-corrected chi connectivity index (χ3v) is 4.36. The molecule has 2 heteroatoms. The first kappa shape index (κ1) is 13.6. The molecule has 0 bridgehead atoms. The van der Waals surface area contributed by atoms with Crippen molar-refractivity contribution in [3.8, 4) is 0 Å². The van der Waals surface area contributed by atoms with Gasteiger partial charge in [-0.15, -0.1) is 0 Å². The smallest absolute Gasteiger partial charge is 0.0953 e. The van der Waals surface area contributed by atoms with Crippen LogP contribution in [0, 0.1) is 13.8 Å². The van der Waals surface area contributed by atoms with Crippen LogP contribution in [-0.2, 0) is 4.74 Å². The number of benzene rings is 1. The van der Waals surface area contributed by atoms with Gasteiger partial charge < -0.3 is 10.1 Å². The van der Waals surface area contributed by atoms with Crippen LogP contribution in [0.1, 0.15) is 49.5 Å². The van der Waals surface area contributed by atoms with Crippen molar-refractivity contribution in [2.24, 2.45) is 0 Å². The van der Waals surface area contributed by atoms with Gasteiger partial charge in [0.2, 0.25) is 0 Å². The van der Waals surface area contributed by atoms with E-state index in [9.17, 15) is 0 Å². The third kappa shape index (κ3) is 2.60. The fourth-order valence-corrected chi connectivity index (χ4v) is 2.69. The van der Waals surface area contributed by atoms with Gasteiger partial charge in [-0.05, 0) is 37.8 Å². The predicted molar refractivity (Wildman–Crippen MR) is 75.9 cm³/mol. The average Bonchev–Trinajstić information content (AvgIpc) is 2.42. The molecule has 1 atom stereocenters. The topological polar surface area (TPSA) is 21.3 Å². The molecular formula is C16H25NO. The van der Waals surface area contributed by atoms with Crippen LogP contribution < -0.4 is 5.32 Å². The molecule has 0 aromatic heterocycles. The highest BCUT2D eigenvalue weighted by atomic mass is 16.5. The monoisotopic (exact) mass is 247 g/mol. The average molecular weight is 247 g/mol. The quantitative estimate of drug-likeness (QED) is 0.882. The summed E-state index contributed by atoms with van der Waals surface area (Å²) in [5, 5.41) is 3.70. The number of hydrogen-bond acceptors (Lipinski definition) is 2. The summed E-state index contributed by atoms with van der Waals surface area (Å²) in [7, 11) is 0. The van der Waals surface area contributed by atoms with E-state index >= 15 is 0 Å².